The fourth-order valence-corrected chi connectivity index (χ4v) is 5.29. The number of benzene rings is 1. The van der Waals surface area contributed by atoms with Gasteiger partial charge in [-0.25, -0.2) is 13.4 Å². The average molecular weight is 383 g/mol. The van der Waals surface area contributed by atoms with Gasteiger partial charge in [-0.1, -0.05) is 24.6 Å². The normalized spacial score (nSPS) is 18.4. The second-order valence-electron chi connectivity index (χ2n) is 6.61. The molecule has 0 unspecified atom stereocenters. The number of aromatic nitrogens is 3. The van der Waals surface area contributed by atoms with Crippen LogP contribution in [0, 0.1) is 0 Å². The first kappa shape index (κ1) is 17.7. The highest BCUT2D eigenvalue weighted by atomic mass is 32.2. The number of sulfonamides is 1. The average Bonchev–Trinajstić information content (AvgIpc) is 3.18. The third-order valence-corrected chi connectivity index (χ3v) is 6.82. The van der Waals surface area contributed by atoms with Crippen LogP contribution in [0.15, 0.2) is 59.8 Å². The largest absolute Gasteiger partial charge is 0.384 e. The first-order valence-corrected chi connectivity index (χ1v) is 10.3. The van der Waals surface area contributed by atoms with Crippen molar-refractivity contribution < 1.29 is 8.42 Å². The number of nitrogen functional groups attached to an aromatic ring is 1. The number of nitrogens with one attached hydrogen (secondary N) is 1. The summed E-state index contributed by atoms with van der Waals surface area (Å²) in [4.78, 5) is 4.34. The minimum Gasteiger partial charge on any atom is -0.384 e. The number of piperidine rings is 1. The molecule has 1 aliphatic heterocycles. The molecular formula is C19H21N5O2S. The Balaban J connectivity index is 1.76. The van der Waals surface area contributed by atoms with E-state index in [2.05, 4.69) is 15.2 Å². The number of hydrogen-bond acceptors (Lipinski definition) is 5. The lowest BCUT2D eigenvalue weighted by atomic mass is 9.97. The van der Waals surface area contributed by atoms with Gasteiger partial charge in [0.15, 0.2) is 0 Å². The third-order valence-electron chi connectivity index (χ3n) is 4.90. The van der Waals surface area contributed by atoms with Crippen LogP contribution in [-0.2, 0) is 10.0 Å². The molecule has 2 aromatic heterocycles. The van der Waals surface area contributed by atoms with Crippen LogP contribution in [0.4, 0.5) is 5.82 Å². The fraction of sp³-hybridized carbons (Fsp3) is 0.263. The third kappa shape index (κ3) is 3.33. The predicted molar refractivity (Wildman–Crippen MR) is 103 cm³/mol. The molecule has 4 rings (SSSR count). The van der Waals surface area contributed by atoms with E-state index in [0.29, 0.717) is 17.3 Å². The van der Waals surface area contributed by atoms with E-state index >= 15 is 0 Å². The number of nitrogens with zero attached hydrogens (tertiary/aromatic N) is 3. The van der Waals surface area contributed by atoms with Crippen molar-refractivity contribution in [2.75, 3.05) is 12.3 Å². The first-order chi connectivity index (χ1) is 13.1. The van der Waals surface area contributed by atoms with Gasteiger partial charge in [0.1, 0.15) is 5.82 Å². The molecule has 27 heavy (non-hydrogen) atoms. The fourth-order valence-electron chi connectivity index (χ4n) is 3.61. The Morgan fingerprint density at radius 2 is 1.96 bits per heavy atom. The summed E-state index contributed by atoms with van der Waals surface area (Å²) in [5.74, 6) is 0.414. The minimum atomic E-state index is -3.60. The van der Waals surface area contributed by atoms with E-state index in [-0.39, 0.29) is 6.04 Å². The number of rotatable bonds is 4. The Labute approximate surface area is 158 Å². The highest BCUT2D eigenvalue weighted by Crippen LogP contribution is 2.38. The van der Waals surface area contributed by atoms with Crippen LogP contribution < -0.4 is 5.73 Å². The van der Waals surface area contributed by atoms with Gasteiger partial charge in [0.05, 0.1) is 22.8 Å². The molecule has 0 aliphatic carbocycles. The molecule has 0 saturated carbocycles. The Morgan fingerprint density at radius 3 is 2.74 bits per heavy atom. The molecule has 140 valence electrons. The lowest BCUT2D eigenvalue weighted by Gasteiger charge is -2.34. The molecule has 0 radical (unpaired) electrons. The zero-order valence-electron chi connectivity index (χ0n) is 14.7. The van der Waals surface area contributed by atoms with Gasteiger partial charge in [-0.2, -0.15) is 9.40 Å². The van der Waals surface area contributed by atoms with E-state index in [9.17, 15) is 8.42 Å². The molecule has 1 saturated heterocycles. The zero-order valence-corrected chi connectivity index (χ0v) is 15.6. The van der Waals surface area contributed by atoms with Crippen molar-refractivity contribution in [2.24, 2.45) is 0 Å². The Kier molecular flexibility index (Phi) is 4.67. The quantitative estimate of drug-likeness (QED) is 0.721. The van der Waals surface area contributed by atoms with Crippen molar-refractivity contribution in [1.82, 2.24) is 19.5 Å². The van der Waals surface area contributed by atoms with Crippen molar-refractivity contribution in [3.05, 3.63) is 60.6 Å². The monoisotopic (exact) mass is 383 g/mol. The van der Waals surface area contributed by atoms with Crippen molar-refractivity contribution in [3.63, 3.8) is 0 Å². The van der Waals surface area contributed by atoms with Crippen molar-refractivity contribution in [3.8, 4) is 11.1 Å². The summed E-state index contributed by atoms with van der Waals surface area (Å²) in [5, 5.41) is 7.21. The van der Waals surface area contributed by atoms with E-state index in [0.717, 1.165) is 36.1 Å². The SMILES string of the molecule is Nc1cc(-c2cn[nH]c2[C@@H]2CCCCN2S(=O)(=O)c2ccccc2)ccn1. The second-order valence-corrected chi connectivity index (χ2v) is 8.50. The highest BCUT2D eigenvalue weighted by molar-refractivity contribution is 7.89. The Bertz CT molecular complexity index is 1030. The first-order valence-electron chi connectivity index (χ1n) is 8.89. The van der Waals surface area contributed by atoms with Crippen LogP contribution in [0.1, 0.15) is 31.0 Å². The molecule has 1 fully saturated rings. The maximum atomic E-state index is 13.3. The number of nitrogens with two attached hydrogens (primary N) is 1. The van der Waals surface area contributed by atoms with E-state index in [1.807, 2.05) is 12.1 Å². The Morgan fingerprint density at radius 1 is 1.15 bits per heavy atom. The van der Waals surface area contributed by atoms with Crippen molar-refractivity contribution >= 4 is 15.8 Å². The number of anilines is 1. The molecule has 3 heterocycles. The number of aromatic amines is 1. The summed E-state index contributed by atoms with van der Waals surface area (Å²) in [6, 6.07) is 11.9. The molecule has 1 aliphatic rings. The molecule has 0 spiro atoms. The van der Waals surface area contributed by atoms with Crippen LogP contribution in [0.5, 0.6) is 0 Å². The van der Waals surface area contributed by atoms with Gasteiger partial charge >= 0.3 is 0 Å². The maximum Gasteiger partial charge on any atom is 0.243 e. The zero-order chi connectivity index (χ0) is 18.9. The lowest BCUT2D eigenvalue weighted by Crippen LogP contribution is -2.38. The smallest absolute Gasteiger partial charge is 0.243 e. The van der Waals surface area contributed by atoms with Gasteiger partial charge < -0.3 is 5.73 Å². The Hall–Kier alpha value is -2.71. The molecule has 0 amide bonds. The second kappa shape index (κ2) is 7.13. The molecule has 7 nitrogen and oxygen atoms in total. The number of pyridine rings is 1. The van der Waals surface area contributed by atoms with Gasteiger partial charge in [0.25, 0.3) is 0 Å². The van der Waals surface area contributed by atoms with Crippen LogP contribution in [0.2, 0.25) is 0 Å². The van der Waals surface area contributed by atoms with Crippen molar-refractivity contribution in [2.45, 2.75) is 30.2 Å². The summed E-state index contributed by atoms with van der Waals surface area (Å²) < 4.78 is 28.1. The van der Waals surface area contributed by atoms with Crippen LogP contribution >= 0.6 is 0 Å². The summed E-state index contributed by atoms with van der Waals surface area (Å²) in [6.45, 7) is 0.485. The standard InChI is InChI=1S/C19H21N5O2S/c20-18-12-14(9-10-21-18)16-13-22-23-19(16)17-8-4-5-11-24(17)27(25,26)15-6-2-1-3-7-15/h1-3,6-7,9-10,12-13,17H,4-5,8,11H2,(H2,20,21)(H,22,23)/t17-/m0/s1. The number of hydrogen-bond donors (Lipinski definition) is 2. The molecule has 1 aromatic carbocycles. The molecule has 8 heteroatoms. The molecule has 0 bridgehead atoms. The molecular weight excluding hydrogens is 362 g/mol. The van der Waals surface area contributed by atoms with Crippen molar-refractivity contribution in [1.29, 1.82) is 0 Å². The molecule has 3 N–H and O–H groups in total. The summed E-state index contributed by atoms with van der Waals surface area (Å²) in [7, 11) is -3.60. The number of H-pyrrole nitrogens is 1. The van der Waals surface area contributed by atoms with Gasteiger partial charge in [-0.05, 0) is 42.7 Å². The van der Waals surface area contributed by atoms with E-state index in [4.69, 9.17) is 5.73 Å². The molecule has 3 aromatic rings. The van der Waals surface area contributed by atoms with E-state index < -0.39 is 10.0 Å². The topological polar surface area (TPSA) is 105 Å². The van der Waals surface area contributed by atoms with Gasteiger partial charge in [-0.15, -0.1) is 0 Å². The van der Waals surface area contributed by atoms with Crippen LogP contribution in [0.25, 0.3) is 11.1 Å². The van der Waals surface area contributed by atoms with Crippen LogP contribution in [-0.4, -0.2) is 34.4 Å². The summed E-state index contributed by atoms with van der Waals surface area (Å²) in [6.07, 6.45) is 5.89. The van der Waals surface area contributed by atoms with Gasteiger partial charge in [0.2, 0.25) is 10.0 Å². The van der Waals surface area contributed by atoms with Gasteiger partial charge in [0, 0.05) is 18.3 Å². The predicted octanol–water partition coefficient (Wildman–Crippen LogP) is 2.97. The lowest BCUT2D eigenvalue weighted by molar-refractivity contribution is 0.252. The molecule has 1 atom stereocenters. The summed E-state index contributed by atoms with van der Waals surface area (Å²) in [5.41, 5.74) is 8.33. The highest BCUT2D eigenvalue weighted by Gasteiger charge is 2.36. The maximum absolute atomic E-state index is 13.3. The van der Waals surface area contributed by atoms with Crippen LogP contribution in [0.3, 0.4) is 0 Å². The minimum absolute atomic E-state index is 0.296. The van der Waals surface area contributed by atoms with E-state index in [1.54, 1.807) is 47.0 Å². The van der Waals surface area contributed by atoms with E-state index in [1.165, 1.54) is 0 Å². The van der Waals surface area contributed by atoms with Gasteiger partial charge in [-0.3, -0.25) is 5.10 Å². The summed E-state index contributed by atoms with van der Waals surface area (Å²) >= 11 is 0.